The maximum Gasteiger partial charge on any atom is 0.102 e. The van der Waals surface area contributed by atoms with Gasteiger partial charge in [0.1, 0.15) is 11.0 Å². The van der Waals surface area contributed by atoms with Crippen LogP contribution in [-0.4, -0.2) is 22.6 Å². The first-order valence-electron chi connectivity index (χ1n) is 10.6. The van der Waals surface area contributed by atoms with Crippen molar-refractivity contribution in [2.45, 2.75) is 13.8 Å². The minimum Gasteiger partial charge on any atom is -0.256 e. The smallest absolute Gasteiger partial charge is 0.102 e. The molecule has 32 heavy (non-hydrogen) atoms. The van der Waals surface area contributed by atoms with Gasteiger partial charge < -0.3 is 0 Å². The van der Waals surface area contributed by atoms with Crippen LogP contribution in [0.15, 0.2) is 94.9 Å². The van der Waals surface area contributed by atoms with E-state index in [1.165, 1.54) is 0 Å². The molecule has 1 aromatic heterocycles. The lowest BCUT2D eigenvalue weighted by atomic mass is 9.99. The third-order valence-electron chi connectivity index (χ3n) is 5.33. The fourth-order valence-electron chi connectivity index (χ4n) is 3.86. The van der Waals surface area contributed by atoms with Crippen LogP contribution in [0.2, 0.25) is 0 Å². The molecule has 4 heteroatoms. The number of hydrogen-bond donors (Lipinski definition) is 0. The van der Waals surface area contributed by atoms with E-state index in [4.69, 9.17) is 0 Å². The Balaban J connectivity index is 1.66. The zero-order valence-electron chi connectivity index (χ0n) is 18.0. The van der Waals surface area contributed by atoms with E-state index in [9.17, 15) is 0 Å². The van der Waals surface area contributed by atoms with Crippen LogP contribution in [0, 0.1) is 13.8 Å². The summed E-state index contributed by atoms with van der Waals surface area (Å²) in [4.78, 5) is 9.26. The summed E-state index contributed by atoms with van der Waals surface area (Å²) in [6.45, 7) is 4.19. The molecule has 5 aromatic rings. The molecule has 0 aliphatic rings. The van der Waals surface area contributed by atoms with Gasteiger partial charge in [0, 0.05) is 34.3 Å². The monoisotopic (exact) mass is 414 g/mol. The average molecular weight is 415 g/mol. The highest BCUT2D eigenvalue weighted by Crippen LogP contribution is 2.28. The van der Waals surface area contributed by atoms with Gasteiger partial charge in [-0.3, -0.25) is 9.98 Å². The van der Waals surface area contributed by atoms with Crippen molar-refractivity contribution in [2.24, 2.45) is 9.98 Å². The van der Waals surface area contributed by atoms with Crippen molar-refractivity contribution in [3.05, 3.63) is 107 Å². The van der Waals surface area contributed by atoms with Gasteiger partial charge in [-0.15, -0.1) is 10.2 Å². The molecule has 4 aromatic carbocycles. The summed E-state index contributed by atoms with van der Waals surface area (Å²) in [6.07, 6.45) is 3.75. The van der Waals surface area contributed by atoms with Gasteiger partial charge in [0.05, 0.1) is 11.4 Å². The summed E-state index contributed by atoms with van der Waals surface area (Å²) in [6, 6.07) is 28.4. The number of aliphatic imine (C=N–C) groups is 2. The van der Waals surface area contributed by atoms with Crippen molar-refractivity contribution in [3.63, 3.8) is 0 Å². The molecule has 0 aliphatic heterocycles. The van der Waals surface area contributed by atoms with Crippen LogP contribution in [0.25, 0.3) is 21.8 Å². The first-order chi connectivity index (χ1) is 15.7. The first kappa shape index (κ1) is 19.8. The minimum absolute atomic E-state index is 0.847. The summed E-state index contributed by atoms with van der Waals surface area (Å²) in [5.41, 5.74) is 7.74. The van der Waals surface area contributed by atoms with E-state index in [1.807, 2.05) is 73.1 Å². The molecular formula is C28H22N4. The van der Waals surface area contributed by atoms with E-state index < -0.39 is 0 Å². The molecule has 0 unspecified atom stereocenters. The summed E-state index contributed by atoms with van der Waals surface area (Å²) >= 11 is 0. The normalized spacial score (nSPS) is 11.8. The van der Waals surface area contributed by atoms with Crippen LogP contribution in [0.4, 0.5) is 11.4 Å². The highest BCUT2D eigenvalue weighted by molar-refractivity contribution is 6.13. The predicted octanol–water partition coefficient (Wildman–Crippen LogP) is 6.90. The molecule has 0 atom stereocenters. The van der Waals surface area contributed by atoms with Gasteiger partial charge in [-0.05, 0) is 73.5 Å². The van der Waals surface area contributed by atoms with Crippen molar-refractivity contribution in [1.82, 2.24) is 10.2 Å². The van der Waals surface area contributed by atoms with Crippen LogP contribution >= 0.6 is 0 Å². The number of fused-ring (bicyclic) bond motifs is 3. The Morgan fingerprint density at radius 3 is 1.38 bits per heavy atom. The van der Waals surface area contributed by atoms with Crippen LogP contribution in [-0.2, 0) is 0 Å². The Hall–Kier alpha value is -4.18. The lowest BCUT2D eigenvalue weighted by molar-refractivity contribution is 1.12. The summed E-state index contributed by atoms with van der Waals surface area (Å²) < 4.78 is 0. The summed E-state index contributed by atoms with van der Waals surface area (Å²) in [7, 11) is 0. The molecule has 0 aliphatic carbocycles. The number of aryl methyl sites for hydroxylation is 2. The first-order valence-corrected chi connectivity index (χ1v) is 10.6. The number of aromatic nitrogens is 2. The van der Waals surface area contributed by atoms with E-state index in [1.54, 1.807) is 0 Å². The maximum atomic E-state index is 4.63. The van der Waals surface area contributed by atoms with Crippen LogP contribution in [0.3, 0.4) is 0 Å². The molecule has 4 nitrogen and oxygen atoms in total. The number of benzene rings is 4. The molecule has 0 fully saturated rings. The van der Waals surface area contributed by atoms with Crippen molar-refractivity contribution in [3.8, 4) is 0 Å². The quantitative estimate of drug-likeness (QED) is 0.237. The minimum atomic E-state index is 0.847. The van der Waals surface area contributed by atoms with E-state index in [2.05, 4.69) is 58.3 Å². The molecule has 5 rings (SSSR count). The van der Waals surface area contributed by atoms with Crippen molar-refractivity contribution in [2.75, 3.05) is 0 Å². The second-order valence-electron chi connectivity index (χ2n) is 7.89. The molecule has 1 heterocycles. The molecular weight excluding hydrogens is 392 g/mol. The molecule has 0 N–H and O–H groups in total. The molecule has 0 spiro atoms. The topological polar surface area (TPSA) is 50.5 Å². The highest BCUT2D eigenvalue weighted by Gasteiger charge is 2.11. The second kappa shape index (κ2) is 8.52. The SMILES string of the molecule is Cc1cc(C=Nc2ccccc2)c2nnc3c(C=Nc4ccccc4)cc(C)cc3c2c1. The van der Waals surface area contributed by atoms with Crippen molar-refractivity contribution >= 4 is 45.6 Å². The molecule has 0 saturated heterocycles. The largest absolute Gasteiger partial charge is 0.256 e. The molecule has 0 radical (unpaired) electrons. The van der Waals surface area contributed by atoms with Gasteiger partial charge in [-0.25, -0.2) is 0 Å². The van der Waals surface area contributed by atoms with Crippen LogP contribution < -0.4 is 0 Å². The van der Waals surface area contributed by atoms with Crippen LogP contribution in [0.1, 0.15) is 22.3 Å². The number of para-hydroxylation sites is 2. The van der Waals surface area contributed by atoms with E-state index >= 15 is 0 Å². The second-order valence-corrected chi connectivity index (χ2v) is 7.89. The average Bonchev–Trinajstić information content (AvgIpc) is 2.82. The van der Waals surface area contributed by atoms with Gasteiger partial charge in [0.15, 0.2) is 0 Å². The fourth-order valence-corrected chi connectivity index (χ4v) is 3.86. The van der Waals surface area contributed by atoms with Gasteiger partial charge in [0.2, 0.25) is 0 Å². The van der Waals surface area contributed by atoms with E-state index in [0.29, 0.717) is 0 Å². The number of rotatable bonds is 4. The van der Waals surface area contributed by atoms with Gasteiger partial charge in [-0.2, -0.15) is 0 Å². The Kier molecular flexibility index (Phi) is 5.26. The molecule has 0 saturated carbocycles. The van der Waals surface area contributed by atoms with Crippen LogP contribution in [0.5, 0.6) is 0 Å². The Bertz CT molecular complexity index is 1360. The predicted molar refractivity (Wildman–Crippen MR) is 134 cm³/mol. The third kappa shape index (κ3) is 4.03. The molecule has 154 valence electrons. The lowest BCUT2D eigenvalue weighted by Gasteiger charge is -2.09. The number of nitrogens with zero attached hydrogens (tertiary/aromatic N) is 4. The lowest BCUT2D eigenvalue weighted by Crippen LogP contribution is -1.97. The van der Waals surface area contributed by atoms with E-state index in [0.717, 1.165) is 55.4 Å². The highest BCUT2D eigenvalue weighted by atomic mass is 15.1. The standard InChI is InChI=1S/C28H22N4/c1-19-13-21(17-29-23-9-5-3-6-10-23)27-25(15-19)26-16-20(2)14-22(28(26)32-31-27)18-30-24-11-7-4-8-12-24/h3-18H,1-2H3. The maximum absolute atomic E-state index is 4.63. The Morgan fingerprint density at radius 2 is 0.969 bits per heavy atom. The van der Waals surface area contributed by atoms with Gasteiger partial charge >= 0.3 is 0 Å². The summed E-state index contributed by atoms with van der Waals surface area (Å²) in [5.74, 6) is 0. The number of hydrogen-bond acceptors (Lipinski definition) is 4. The Labute approximate surface area is 187 Å². The van der Waals surface area contributed by atoms with Crippen molar-refractivity contribution in [1.29, 1.82) is 0 Å². The Morgan fingerprint density at radius 1 is 0.562 bits per heavy atom. The van der Waals surface area contributed by atoms with Gasteiger partial charge in [0.25, 0.3) is 0 Å². The third-order valence-corrected chi connectivity index (χ3v) is 5.33. The molecule has 0 bridgehead atoms. The summed E-state index contributed by atoms with van der Waals surface area (Å²) in [5, 5.41) is 11.4. The zero-order valence-corrected chi connectivity index (χ0v) is 18.0. The zero-order chi connectivity index (χ0) is 21.9. The van der Waals surface area contributed by atoms with Gasteiger partial charge in [-0.1, -0.05) is 36.4 Å². The molecule has 0 amide bonds. The van der Waals surface area contributed by atoms with Crippen molar-refractivity contribution < 1.29 is 0 Å². The fraction of sp³-hybridized carbons (Fsp3) is 0.0714. The van der Waals surface area contributed by atoms with E-state index in [-0.39, 0.29) is 0 Å².